The van der Waals surface area contributed by atoms with E-state index in [4.69, 9.17) is 9.47 Å². The fraction of sp³-hybridized carbons (Fsp3) is 0.154. The summed E-state index contributed by atoms with van der Waals surface area (Å²) < 4.78 is 90.0. The number of nitrogens with one attached hydrogen (secondary N) is 1. The number of hydrogen-bond acceptors (Lipinski definition) is 4. The summed E-state index contributed by atoms with van der Waals surface area (Å²) >= 11 is 0. The number of halogens is 6. The molecule has 198 valence electrons. The number of nitrogens with zero attached hydrogens (tertiary/aromatic N) is 1. The van der Waals surface area contributed by atoms with Crippen molar-refractivity contribution in [2.75, 3.05) is 14.2 Å². The van der Waals surface area contributed by atoms with E-state index in [1.165, 1.54) is 35.2 Å². The van der Waals surface area contributed by atoms with Gasteiger partial charge in [-0.15, -0.1) is 0 Å². The van der Waals surface area contributed by atoms with E-state index in [2.05, 4.69) is 4.98 Å². The van der Waals surface area contributed by atoms with Crippen LogP contribution >= 0.6 is 0 Å². The van der Waals surface area contributed by atoms with Gasteiger partial charge in [-0.25, -0.2) is 0 Å². The van der Waals surface area contributed by atoms with Crippen molar-refractivity contribution in [1.29, 1.82) is 0 Å². The first kappa shape index (κ1) is 26.6. The highest BCUT2D eigenvalue weighted by atomic mass is 19.4. The minimum Gasteiger partial charge on any atom is -0.496 e. The Morgan fingerprint density at radius 2 is 1.29 bits per heavy atom. The topological polar surface area (TPSA) is 73.3 Å². The van der Waals surface area contributed by atoms with Crippen LogP contribution in [0.2, 0.25) is 0 Å². The molecule has 0 fully saturated rings. The van der Waals surface area contributed by atoms with Crippen LogP contribution in [0.3, 0.4) is 0 Å². The summed E-state index contributed by atoms with van der Waals surface area (Å²) in [7, 11) is 2.26. The molecule has 2 aromatic heterocycles. The first-order valence-electron chi connectivity index (χ1n) is 10.8. The van der Waals surface area contributed by atoms with Crippen LogP contribution in [0.15, 0.2) is 67.0 Å². The van der Waals surface area contributed by atoms with E-state index in [0.717, 1.165) is 38.5 Å². The fourth-order valence-corrected chi connectivity index (χ4v) is 3.90. The number of aromatic nitrogens is 2. The fourth-order valence-electron chi connectivity index (χ4n) is 3.90. The Labute approximate surface area is 211 Å². The van der Waals surface area contributed by atoms with Crippen molar-refractivity contribution in [3.05, 3.63) is 101 Å². The lowest BCUT2D eigenvalue weighted by molar-refractivity contribution is -0.138. The first-order chi connectivity index (χ1) is 17.9. The van der Waals surface area contributed by atoms with Gasteiger partial charge in [0.1, 0.15) is 17.2 Å². The summed E-state index contributed by atoms with van der Waals surface area (Å²) in [4.78, 5) is 29.4. The molecule has 0 amide bonds. The summed E-state index contributed by atoms with van der Waals surface area (Å²) in [6.45, 7) is 0. The monoisotopic (exact) mass is 536 g/mol. The number of H-pyrrole nitrogens is 1. The lowest BCUT2D eigenvalue weighted by atomic mass is 10.0. The van der Waals surface area contributed by atoms with Gasteiger partial charge in [0.2, 0.25) is 11.6 Å². The summed E-state index contributed by atoms with van der Waals surface area (Å²) in [6, 6.07) is 9.26. The van der Waals surface area contributed by atoms with Gasteiger partial charge in [0.15, 0.2) is 0 Å². The lowest BCUT2D eigenvalue weighted by Gasteiger charge is -2.14. The predicted molar refractivity (Wildman–Crippen MR) is 123 cm³/mol. The number of rotatable bonds is 7. The summed E-state index contributed by atoms with van der Waals surface area (Å²) in [6.07, 6.45) is -6.44. The van der Waals surface area contributed by atoms with Gasteiger partial charge in [0, 0.05) is 12.4 Å². The van der Waals surface area contributed by atoms with E-state index in [-0.39, 0.29) is 39.7 Å². The lowest BCUT2D eigenvalue weighted by Crippen LogP contribution is -2.14. The zero-order valence-electron chi connectivity index (χ0n) is 19.7. The van der Waals surface area contributed by atoms with E-state index in [9.17, 15) is 35.9 Å². The van der Waals surface area contributed by atoms with Crippen LogP contribution in [0.25, 0.3) is 5.69 Å². The van der Waals surface area contributed by atoms with Crippen molar-refractivity contribution in [2.45, 2.75) is 12.4 Å². The zero-order valence-corrected chi connectivity index (χ0v) is 19.7. The van der Waals surface area contributed by atoms with Crippen molar-refractivity contribution in [2.24, 2.45) is 0 Å². The Kier molecular flexibility index (Phi) is 6.83. The molecule has 1 N–H and O–H groups in total. The van der Waals surface area contributed by atoms with Gasteiger partial charge in [0.25, 0.3) is 0 Å². The molecule has 0 bridgehead atoms. The molecule has 0 aliphatic carbocycles. The Morgan fingerprint density at radius 1 is 0.763 bits per heavy atom. The third-order valence-corrected chi connectivity index (χ3v) is 5.74. The number of ether oxygens (including phenoxy) is 2. The largest absolute Gasteiger partial charge is 0.496 e. The van der Waals surface area contributed by atoms with Gasteiger partial charge in [-0.2, -0.15) is 26.3 Å². The second kappa shape index (κ2) is 9.77. The third kappa shape index (κ3) is 4.89. The van der Waals surface area contributed by atoms with Gasteiger partial charge < -0.3 is 19.0 Å². The summed E-state index contributed by atoms with van der Waals surface area (Å²) in [5.74, 6) is -2.00. The Morgan fingerprint density at radius 3 is 1.79 bits per heavy atom. The Balaban J connectivity index is 1.74. The highest BCUT2D eigenvalue weighted by Gasteiger charge is 2.34. The van der Waals surface area contributed by atoms with Crippen LogP contribution in [0.5, 0.6) is 11.5 Å². The van der Waals surface area contributed by atoms with Crippen LogP contribution in [0.1, 0.15) is 43.2 Å². The number of methoxy groups -OCH3 is 2. The quantitative estimate of drug-likeness (QED) is 0.222. The van der Waals surface area contributed by atoms with Gasteiger partial charge in [-0.3, -0.25) is 9.59 Å². The number of carbonyl (C=O) groups is 2. The molecule has 0 radical (unpaired) electrons. The summed E-state index contributed by atoms with van der Waals surface area (Å²) in [5, 5.41) is 0. The molecule has 4 aromatic rings. The maximum atomic E-state index is 13.3. The number of aromatic amines is 1. The maximum Gasteiger partial charge on any atom is 0.416 e. The number of alkyl halides is 6. The first-order valence-corrected chi connectivity index (χ1v) is 10.8. The molecule has 2 heterocycles. The molecule has 0 spiro atoms. The molecule has 0 aliphatic heterocycles. The van der Waals surface area contributed by atoms with Gasteiger partial charge in [-0.1, -0.05) is 0 Å². The van der Waals surface area contributed by atoms with Crippen LogP contribution in [-0.4, -0.2) is 35.3 Å². The number of hydrogen-bond donors (Lipinski definition) is 1. The Hall–Kier alpha value is -4.48. The van der Waals surface area contributed by atoms with Gasteiger partial charge in [-0.05, 0) is 54.6 Å². The maximum absolute atomic E-state index is 13.3. The second-order valence-electron chi connectivity index (χ2n) is 7.99. The molecule has 38 heavy (non-hydrogen) atoms. The SMILES string of the molecule is COc1cc(C(F)(F)F)ccc1C(=O)c1[nH]ccc1-n1cccc1C(=O)c1ccc(C(F)(F)F)cc1OC. The molecule has 4 rings (SSSR count). The minimum absolute atomic E-state index is 0.00362. The standard InChI is InChI=1S/C26H18F6N2O4/c1-37-20-12-14(25(27,28)29)5-7-16(20)23(35)19-4-3-11-34(19)18-9-10-33-22(18)24(36)17-8-6-15(26(30,31)32)13-21(17)38-2/h3-13,33H,1-2H3. The van der Waals surface area contributed by atoms with E-state index >= 15 is 0 Å². The molecule has 0 saturated heterocycles. The van der Waals surface area contributed by atoms with Crippen molar-refractivity contribution in [3.63, 3.8) is 0 Å². The number of ketones is 2. The molecule has 2 aromatic carbocycles. The average Bonchev–Trinajstić information content (AvgIpc) is 3.55. The zero-order chi connectivity index (χ0) is 27.8. The smallest absolute Gasteiger partial charge is 0.416 e. The van der Waals surface area contributed by atoms with Gasteiger partial charge in [0.05, 0.1) is 47.9 Å². The van der Waals surface area contributed by atoms with Crippen LogP contribution in [-0.2, 0) is 12.4 Å². The summed E-state index contributed by atoms with van der Waals surface area (Å²) in [5.41, 5.74) is -2.19. The molecular weight excluding hydrogens is 518 g/mol. The molecule has 0 aliphatic rings. The van der Waals surface area contributed by atoms with Crippen molar-refractivity contribution in [1.82, 2.24) is 9.55 Å². The normalized spacial score (nSPS) is 11.9. The number of benzene rings is 2. The molecule has 0 saturated carbocycles. The molecular formula is C26H18F6N2O4. The Bertz CT molecular complexity index is 1400. The third-order valence-electron chi connectivity index (χ3n) is 5.74. The van der Waals surface area contributed by atoms with Crippen LogP contribution < -0.4 is 9.47 Å². The highest BCUT2D eigenvalue weighted by Crippen LogP contribution is 2.36. The van der Waals surface area contributed by atoms with E-state index in [1.807, 2.05) is 0 Å². The van der Waals surface area contributed by atoms with Crippen molar-refractivity contribution >= 4 is 11.6 Å². The average molecular weight is 536 g/mol. The van der Waals surface area contributed by atoms with Gasteiger partial charge >= 0.3 is 12.4 Å². The predicted octanol–water partition coefficient (Wildman–Crippen LogP) is 6.32. The van der Waals surface area contributed by atoms with Crippen LogP contribution in [0.4, 0.5) is 26.3 Å². The molecule has 0 unspecified atom stereocenters. The molecule has 0 atom stereocenters. The van der Waals surface area contributed by atoms with Crippen molar-refractivity contribution in [3.8, 4) is 17.2 Å². The van der Waals surface area contributed by atoms with E-state index in [0.29, 0.717) is 12.1 Å². The van der Waals surface area contributed by atoms with Crippen molar-refractivity contribution < 1.29 is 45.4 Å². The van der Waals surface area contributed by atoms with E-state index < -0.39 is 35.0 Å². The number of carbonyl (C=O) groups excluding carboxylic acids is 2. The highest BCUT2D eigenvalue weighted by molar-refractivity contribution is 6.13. The minimum atomic E-state index is -4.65. The van der Waals surface area contributed by atoms with Crippen LogP contribution in [0, 0.1) is 0 Å². The molecule has 6 nitrogen and oxygen atoms in total. The second-order valence-corrected chi connectivity index (χ2v) is 7.99. The molecule has 12 heteroatoms. The van der Waals surface area contributed by atoms with E-state index in [1.54, 1.807) is 0 Å².